The second-order valence-corrected chi connectivity index (χ2v) is 4.05. The SMILES string of the molecule is CNC(c1cncc(OC)c1)C1CCOC1. The van der Waals surface area contributed by atoms with E-state index in [9.17, 15) is 0 Å². The molecule has 0 spiro atoms. The average Bonchev–Trinajstić information content (AvgIpc) is 2.84. The fraction of sp³-hybridized carbons (Fsp3) is 0.583. The molecule has 2 heterocycles. The van der Waals surface area contributed by atoms with Gasteiger partial charge in [-0.1, -0.05) is 0 Å². The first-order valence-corrected chi connectivity index (χ1v) is 5.59. The van der Waals surface area contributed by atoms with E-state index < -0.39 is 0 Å². The van der Waals surface area contributed by atoms with E-state index in [1.54, 1.807) is 13.3 Å². The summed E-state index contributed by atoms with van der Waals surface area (Å²) in [7, 11) is 3.64. The molecule has 1 aliphatic heterocycles. The summed E-state index contributed by atoms with van der Waals surface area (Å²) in [6, 6.07) is 2.33. The molecule has 2 rings (SSSR count). The highest BCUT2D eigenvalue weighted by molar-refractivity contribution is 5.26. The Labute approximate surface area is 96.0 Å². The van der Waals surface area contributed by atoms with Gasteiger partial charge in [0, 0.05) is 24.8 Å². The van der Waals surface area contributed by atoms with Crippen LogP contribution in [0.2, 0.25) is 0 Å². The van der Waals surface area contributed by atoms with Crippen LogP contribution < -0.4 is 10.1 Å². The lowest BCUT2D eigenvalue weighted by molar-refractivity contribution is 0.177. The van der Waals surface area contributed by atoms with Crippen LogP contribution in [0.5, 0.6) is 5.75 Å². The van der Waals surface area contributed by atoms with E-state index in [1.165, 1.54) is 0 Å². The number of hydrogen-bond donors (Lipinski definition) is 1. The topological polar surface area (TPSA) is 43.4 Å². The molecular formula is C12H18N2O2. The van der Waals surface area contributed by atoms with E-state index in [2.05, 4.69) is 10.3 Å². The van der Waals surface area contributed by atoms with Crippen LogP contribution in [0.25, 0.3) is 0 Å². The van der Waals surface area contributed by atoms with E-state index in [1.807, 2.05) is 19.3 Å². The quantitative estimate of drug-likeness (QED) is 0.836. The molecule has 0 saturated carbocycles. The van der Waals surface area contributed by atoms with Crippen molar-refractivity contribution in [3.05, 3.63) is 24.0 Å². The molecule has 1 fully saturated rings. The van der Waals surface area contributed by atoms with E-state index in [4.69, 9.17) is 9.47 Å². The summed E-state index contributed by atoms with van der Waals surface area (Å²) in [6.45, 7) is 1.68. The lowest BCUT2D eigenvalue weighted by Crippen LogP contribution is -2.25. The van der Waals surface area contributed by atoms with E-state index >= 15 is 0 Å². The lowest BCUT2D eigenvalue weighted by Gasteiger charge is -2.22. The average molecular weight is 222 g/mol. The molecule has 4 nitrogen and oxygen atoms in total. The third-order valence-corrected chi connectivity index (χ3v) is 3.08. The van der Waals surface area contributed by atoms with Gasteiger partial charge >= 0.3 is 0 Å². The fourth-order valence-corrected chi connectivity index (χ4v) is 2.21. The molecule has 1 N–H and O–H groups in total. The fourth-order valence-electron chi connectivity index (χ4n) is 2.21. The number of nitrogens with one attached hydrogen (secondary N) is 1. The monoisotopic (exact) mass is 222 g/mol. The van der Waals surface area contributed by atoms with Crippen LogP contribution in [0.15, 0.2) is 18.5 Å². The molecule has 88 valence electrons. The summed E-state index contributed by atoms with van der Waals surface area (Å²) in [5.41, 5.74) is 1.16. The number of nitrogens with zero attached hydrogens (tertiary/aromatic N) is 1. The molecule has 0 bridgehead atoms. The van der Waals surface area contributed by atoms with Crippen molar-refractivity contribution in [3.8, 4) is 5.75 Å². The molecule has 0 radical (unpaired) electrons. The van der Waals surface area contributed by atoms with Crippen molar-refractivity contribution in [3.63, 3.8) is 0 Å². The van der Waals surface area contributed by atoms with Gasteiger partial charge in [0.2, 0.25) is 0 Å². The van der Waals surface area contributed by atoms with Crippen LogP contribution in [-0.4, -0.2) is 32.4 Å². The highest BCUT2D eigenvalue weighted by atomic mass is 16.5. The zero-order valence-electron chi connectivity index (χ0n) is 9.77. The largest absolute Gasteiger partial charge is 0.495 e. The van der Waals surface area contributed by atoms with Crippen molar-refractivity contribution in [2.75, 3.05) is 27.4 Å². The van der Waals surface area contributed by atoms with Gasteiger partial charge < -0.3 is 14.8 Å². The van der Waals surface area contributed by atoms with Crippen molar-refractivity contribution < 1.29 is 9.47 Å². The van der Waals surface area contributed by atoms with Crippen LogP contribution in [0.3, 0.4) is 0 Å². The Bertz CT molecular complexity index is 338. The zero-order chi connectivity index (χ0) is 11.4. The van der Waals surface area contributed by atoms with Crippen LogP contribution in [0, 0.1) is 5.92 Å². The van der Waals surface area contributed by atoms with Crippen molar-refractivity contribution in [1.82, 2.24) is 10.3 Å². The standard InChI is InChI=1S/C12H18N2O2/c1-13-12(9-3-4-16-8-9)10-5-11(15-2)7-14-6-10/h5-7,9,12-13H,3-4,8H2,1-2H3. The molecule has 1 aromatic heterocycles. The summed E-state index contributed by atoms with van der Waals surface area (Å²) >= 11 is 0. The van der Waals surface area contributed by atoms with E-state index in [0.29, 0.717) is 12.0 Å². The molecule has 0 aliphatic carbocycles. The number of rotatable bonds is 4. The van der Waals surface area contributed by atoms with Gasteiger partial charge in [-0.25, -0.2) is 0 Å². The number of aromatic nitrogens is 1. The normalized spacial score (nSPS) is 22.0. The van der Waals surface area contributed by atoms with Crippen LogP contribution in [-0.2, 0) is 4.74 Å². The first kappa shape index (κ1) is 11.4. The lowest BCUT2D eigenvalue weighted by atomic mass is 9.93. The minimum Gasteiger partial charge on any atom is -0.495 e. The Balaban J connectivity index is 2.18. The Morgan fingerprint density at radius 2 is 2.44 bits per heavy atom. The number of hydrogen-bond acceptors (Lipinski definition) is 4. The first-order valence-electron chi connectivity index (χ1n) is 5.59. The van der Waals surface area contributed by atoms with Gasteiger partial charge in [0.1, 0.15) is 5.75 Å². The molecule has 1 aliphatic rings. The number of methoxy groups -OCH3 is 1. The molecule has 2 unspecified atom stereocenters. The minimum absolute atomic E-state index is 0.296. The summed E-state index contributed by atoms with van der Waals surface area (Å²) in [5.74, 6) is 1.33. The third kappa shape index (κ3) is 2.33. The van der Waals surface area contributed by atoms with Crippen LogP contribution in [0.1, 0.15) is 18.0 Å². The Morgan fingerprint density at radius 3 is 3.06 bits per heavy atom. The second kappa shape index (κ2) is 5.27. The van der Waals surface area contributed by atoms with Crippen LogP contribution >= 0.6 is 0 Å². The summed E-state index contributed by atoms with van der Waals surface area (Å²) in [6.07, 6.45) is 4.71. The zero-order valence-corrected chi connectivity index (χ0v) is 9.77. The maximum atomic E-state index is 5.43. The Hall–Kier alpha value is -1.13. The molecule has 2 atom stereocenters. The molecule has 4 heteroatoms. The molecule has 0 aromatic carbocycles. The summed E-state index contributed by atoms with van der Waals surface area (Å²) < 4.78 is 10.6. The van der Waals surface area contributed by atoms with Crippen molar-refractivity contribution in [2.24, 2.45) is 5.92 Å². The minimum atomic E-state index is 0.296. The van der Waals surface area contributed by atoms with Crippen LogP contribution in [0.4, 0.5) is 0 Å². The predicted molar refractivity (Wildman–Crippen MR) is 61.5 cm³/mol. The van der Waals surface area contributed by atoms with Crippen molar-refractivity contribution in [2.45, 2.75) is 12.5 Å². The second-order valence-electron chi connectivity index (χ2n) is 4.05. The highest BCUT2D eigenvalue weighted by Crippen LogP contribution is 2.29. The number of ether oxygens (including phenoxy) is 2. The van der Waals surface area contributed by atoms with Gasteiger partial charge in [0.05, 0.1) is 19.9 Å². The van der Waals surface area contributed by atoms with Gasteiger partial charge in [0.25, 0.3) is 0 Å². The Kier molecular flexibility index (Phi) is 3.74. The first-order chi connectivity index (χ1) is 7.85. The maximum absolute atomic E-state index is 5.43. The molecular weight excluding hydrogens is 204 g/mol. The van der Waals surface area contributed by atoms with Gasteiger partial charge in [-0.2, -0.15) is 0 Å². The van der Waals surface area contributed by atoms with E-state index in [0.717, 1.165) is 30.9 Å². The van der Waals surface area contributed by atoms with Crippen molar-refractivity contribution in [1.29, 1.82) is 0 Å². The Morgan fingerprint density at radius 1 is 1.56 bits per heavy atom. The molecule has 1 aromatic rings. The van der Waals surface area contributed by atoms with Gasteiger partial charge in [-0.05, 0) is 25.1 Å². The predicted octanol–water partition coefficient (Wildman–Crippen LogP) is 1.39. The summed E-state index contributed by atoms with van der Waals surface area (Å²) in [5, 5.41) is 3.34. The van der Waals surface area contributed by atoms with Gasteiger partial charge in [0.15, 0.2) is 0 Å². The molecule has 0 amide bonds. The number of pyridine rings is 1. The summed E-state index contributed by atoms with van der Waals surface area (Å²) in [4.78, 5) is 4.19. The van der Waals surface area contributed by atoms with Gasteiger partial charge in [-0.3, -0.25) is 4.98 Å². The highest BCUT2D eigenvalue weighted by Gasteiger charge is 2.26. The van der Waals surface area contributed by atoms with E-state index in [-0.39, 0.29) is 0 Å². The van der Waals surface area contributed by atoms with Gasteiger partial charge in [-0.15, -0.1) is 0 Å². The molecule has 16 heavy (non-hydrogen) atoms. The smallest absolute Gasteiger partial charge is 0.137 e. The third-order valence-electron chi connectivity index (χ3n) is 3.08. The van der Waals surface area contributed by atoms with Crippen molar-refractivity contribution >= 4 is 0 Å². The maximum Gasteiger partial charge on any atom is 0.137 e. The molecule has 1 saturated heterocycles.